The molecule has 0 saturated heterocycles. The first kappa shape index (κ1) is 12.7. The summed E-state index contributed by atoms with van der Waals surface area (Å²) < 4.78 is 8.17. The molecule has 0 amide bonds. The van der Waals surface area contributed by atoms with Crippen LogP contribution in [0.5, 0.6) is 0 Å². The van der Waals surface area contributed by atoms with Crippen LogP contribution in [0.3, 0.4) is 0 Å². The molecule has 6 heteroatoms. The lowest BCUT2D eigenvalue weighted by molar-refractivity contribution is 0.400. The monoisotopic (exact) mass is 248 g/mol. The van der Waals surface area contributed by atoms with Crippen molar-refractivity contribution >= 4 is 29.1 Å². The zero-order valence-corrected chi connectivity index (χ0v) is 11.0. The maximum absolute atomic E-state index is 5.94. The highest BCUT2D eigenvalue weighted by atomic mass is 35.5. The van der Waals surface area contributed by atoms with Crippen LogP contribution in [0.4, 0.5) is 5.82 Å². The molecule has 0 atom stereocenters. The predicted octanol–water partition coefficient (Wildman–Crippen LogP) is 1.97. The van der Waals surface area contributed by atoms with E-state index >= 15 is 0 Å². The second-order valence-corrected chi connectivity index (χ2v) is 4.50. The number of hydrogen-bond donors (Lipinski definition) is 0. The van der Waals surface area contributed by atoms with E-state index in [0.29, 0.717) is 5.15 Å². The Kier molecular flexibility index (Phi) is 5.28. The van der Waals surface area contributed by atoms with Crippen LogP contribution in [-0.4, -0.2) is 47.4 Å². The molecule has 0 fully saturated rings. The summed E-state index contributed by atoms with van der Waals surface area (Å²) in [5.74, 6) is 0.822. The van der Waals surface area contributed by atoms with Crippen molar-refractivity contribution < 1.29 is 0 Å². The van der Waals surface area contributed by atoms with Crippen LogP contribution in [0.1, 0.15) is 13.3 Å². The highest BCUT2D eigenvalue weighted by Crippen LogP contribution is 2.22. The van der Waals surface area contributed by atoms with Gasteiger partial charge < -0.3 is 9.80 Å². The minimum absolute atomic E-state index is 0.520. The Hall–Kier alpha value is -0.390. The van der Waals surface area contributed by atoms with Crippen molar-refractivity contribution in [3.63, 3.8) is 0 Å². The molecule has 0 aliphatic rings. The summed E-state index contributed by atoms with van der Waals surface area (Å²) in [6.45, 7) is 5.06. The lowest BCUT2D eigenvalue weighted by Crippen LogP contribution is -2.27. The molecule has 1 rings (SSSR count). The van der Waals surface area contributed by atoms with Crippen molar-refractivity contribution in [3.8, 4) is 0 Å². The molecule has 0 aliphatic heterocycles. The Morgan fingerprint density at radius 3 is 2.47 bits per heavy atom. The number of nitrogens with zero attached hydrogens (tertiary/aromatic N) is 4. The molecule has 1 heterocycles. The van der Waals surface area contributed by atoms with Gasteiger partial charge in [0.25, 0.3) is 0 Å². The molecule has 0 unspecified atom stereocenters. The van der Waals surface area contributed by atoms with Gasteiger partial charge in [-0.05, 0) is 34.0 Å². The van der Waals surface area contributed by atoms with Gasteiger partial charge in [-0.25, -0.2) is 0 Å². The van der Waals surface area contributed by atoms with Crippen LogP contribution >= 0.6 is 23.3 Å². The molecule has 0 radical (unpaired) electrons. The van der Waals surface area contributed by atoms with Gasteiger partial charge in [0.15, 0.2) is 11.0 Å². The molecule has 1 aromatic heterocycles. The molecular formula is C9H17ClN4S. The van der Waals surface area contributed by atoms with Crippen molar-refractivity contribution in [3.05, 3.63) is 5.15 Å². The third kappa shape index (κ3) is 3.93. The van der Waals surface area contributed by atoms with Gasteiger partial charge in [-0.15, -0.1) is 0 Å². The summed E-state index contributed by atoms with van der Waals surface area (Å²) >= 11 is 7.11. The summed E-state index contributed by atoms with van der Waals surface area (Å²) in [7, 11) is 4.15. The second kappa shape index (κ2) is 6.25. The molecule has 0 aromatic carbocycles. The minimum atomic E-state index is 0.520. The van der Waals surface area contributed by atoms with E-state index in [0.717, 1.165) is 31.9 Å². The first-order valence-electron chi connectivity index (χ1n) is 5.03. The molecule has 15 heavy (non-hydrogen) atoms. The van der Waals surface area contributed by atoms with Crippen molar-refractivity contribution in [2.24, 2.45) is 0 Å². The molecule has 86 valence electrons. The number of hydrogen-bond acceptors (Lipinski definition) is 5. The molecule has 0 saturated carbocycles. The summed E-state index contributed by atoms with van der Waals surface area (Å²) in [5, 5.41) is 0.520. The van der Waals surface area contributed by atoms with E-state index in [-0.39, 0.29) is 0 Å². The molecule has 0 N–H and O–H groups in total. The third-order valence-electron chi connectivity index (χ3n) is 2.15. The first-order valence-corrected chi connectivity index (χ1v) is 6.13. The molecular weight excluding hydrogens is 232 g/mol. The lowest BCUT2D eigenvalue weighted by Gasteiger charge is -2.21. The fourth-order valence-electron chi connectivity index (χ4n) is 1.35. The van der Waals surface area contributed by atoms with Gasteiger partial charge in [-0.3, -0.25) is 0 Å². The highest BCUT2D eigenvalue weighted by Gasteiger charge is 2.12. The van der Waals surface area contributed by atoms with E-state index in [4.69, 9.17) is 11.6 Å². The number of anilines is 1. The summed E-state index contributed by atoms with van der Waals surface area (Å²) in [4.78, 5) is 4.34. The largest absolute Gasteiger partial charge is 0.353 e. The smallest absolute Gasteiger partial charge is 0.187 e. The predicted molar refractivity (Wildman–Crippen MR) is 66.0 cm³/mol. The molecule has 0 aliphatic carbocycles. The van der Waals surface area contributed by atoms with Gasteiger partial charge in [0.05, 0.1) is 11.7 Å². The number of rotatable bonds is 6. The maximum Gasteiger partial charge on any atom is 0.187 e. The van der Waals surface area contributed by atoms with Crippen LogP contribution < -0.4 is 4.90 Å². The zero-order chi connectivity index (χ0) is 11.3. The number of aromatic nitrogens is 2. The third-order valence-corrected chi connectivity index (χ3v) is 3.02. The fourth-order valence-corrected chi connectivity index (χ4v) is 2.13. The maximum atomic E-state index is 5.94. The van der Waals surface area contributed by atoms with Crippen molar-refractivity contribution in [2.45, 2.75) is 13.3 Å². The van der Waals surface area contributed by atoms with E-state index in [1.165, 1.54) is 11.7 Å². The van der Waals surface area contributed by atoms with Gasteiger partial charge >= 0.3 is 0 Å². The van der Waals surface area contributed by atoms with Crippen LogP contribution in [0.15, 0.2) is 0 Å². The zero-order valence-electron chi connectivity index (χ0n) is 9.40. The first-order chi connectivity index (χ1) is 7.15. The summed E-state index contributed by atoms with van der Waals surface area (Å²) in [6.07, 6.45) is 1.11. The summed E-state index contributed by atoms with van der Waals surface area (Å²) in [6, 6.07) is 0. The summed E-state index contributed by atoms with van der Waals surface area (Å²) in [5.41, 5.74) is 0. The van der Waals surface area contributed by atoms with Crippen LogP contribution in [0.25, 0.3) is 0 Å². The Labute approximate surface area is 100 Å². The SMILES string of the molecule is CCN(CCCN(C)C)c1nsnc1Cl. The topological polar surface area (TPSA) is 32.3 Å². The Morgan fingerprint density at radius 1 is 1.27 bits per heavy atom. The van der Waals surface area contributed by atoms with Crippen LogP contribution in [-0.2, 0) is 0 Å². The van der Waals surface area contributed by atoms with Gasteiger partial charge in [-0.2, -0.15) is 8.75 Å². The average Bonchev–Trinajstić information content (AvgIpc) is 2.59. The van der Waals surface area contributed by atoms with E-state index in [9.17, 15) is 0 Å². The lowest BCUT2D eigenvalue weighted by atomic mass is 10.3. The molecule has 0 spiro atoms. The second-order valence-electron chi connectivity index (χ2n) is 3.62. The highest BCUT2D eigenvalue weighted by molar-refractivity contribution is 6.99. The Bertz CT molecular complexity index is 289. The minimum Gasteiger partial charge on any atom is -0.353 e. The van der Waals surface area contributed by atoms with Crippen molar-refractivity contribution in [1.29, 1.82) is 0 Å². The van der Waals surface area contributed by atoms with Gasteiger partial charge in [0.2, 0.25) is 0 Å². The quantitative estimate of drug-likeness (QED) is 0.771. The van der Waals surface area contributed by atoms with E-state index < -0.39 is 0 Å². The average molecular weight is 249 g/mol. The Balaban J connectivity index is 2.46. The number of halogens is 1. The standard InChI is InChI=1S/C9H17ClN4S/c1-4-14(7-5-6-13(2)3)9-8(10)11-15-12-9/h4-7H2,1-3H3. The normalized spacial score (nSPS) is 11.0. The van der Waals surface area contributed by atoms with E-state index in [1.54, 1.807) is 0 Å². The van der Waals surface area contributed by atoms with Crippen molar-refractivity contribution in [2.75, 3.05) is 38.6 Å². The Morgan fingerprint density at radius 2 is 2.00 bits per heavy atom. The fraction of sp³-hybridized carbons (Fsp3) is 0.778. The molecule has 1 aromatic rings. The van der Waals surface area contributed by atoms with Gasteiger partial charge in [-0.1, -0.05) is 11.6 Å². The van der Waals surface area contributed by atoms with Crippen LogP contribution in [0.2, 0.25) is 5.15 Å². The van der Waals surface area contributed by atoms with Gasteiger partial charge in [0.1, 0.15) is 0 Å². The van der Waals surface area contributed by atoms with E-state index in [1.807, 2.05) is 0 Å². The molecule has 0 bridgehead atoms. The van der Waals surface area contributed by atoms with Gasteiger partial charge in [0, 0.05) is 13.1 Å². The van der Waals surface area contributed by atoms with Crippen LogP contribution in [0, 0.1) is 0 Å². The van der Waals surface area contributed by atoms with Crippen molar-refractivity contribution in [1.82, 2.24) is 13.6 Å². The van der Waals surface area contributed by atoms with E-state index in [2.05, 4.69) is 39.6 Å². The molecule has 4 nitrogen and oxygen atoms in total.